The van der Waals surface area contributed by atoms with Crippen LogP contribution >= 0.6 is 15.9 Å². The van der Waals surface area contributed by atoms with Crippen molar-refractivity contribution in [3.8, 4) is 11.5 Å². The average molecular weight is 344 g/mol. The minimum absolute atomic E-state index is 0.120. The van der Waals surface area contributed by atoms with Gasteiger partial charge in [0.25, 0.3) is 0 Å². The molecule has 1 atom stereocenters. The van der Waals surface area contributed by atoms with E-state index >= 15 is 0 Å². The highest BCUT2D eigenvalue weighted by Gasteiger charge is 2.21. The van der Waals surface area contributed by atoms with Gasteiger partial charge in [0.2, 0.25) is 0 Å². The third kappa shape index (κ3) is 3.65. The summed E-state index contributed by atoms with van der Waals surface area (Å²) < 4.78 is 12.3. The quantitative estimate of drug-likeness (QED) is 0.863. The molecule has 2 N–H and O–H groups in total. The molecule has 20 heavy (non-hydrogen) atoms. The first-order valence-electron chi connectivity index (χ1n) is 7.02. The van der Waals surface area contributed by atoms with E-state index < -0.39 is 0 Å². The molecule has 0 radical (unpaired) electrons. The summed E-state index contributed by atoms with van der Waals surface area (Å²) in [5, 5.41) is 12.8. The van der Waals surface area contributed by atoms with Gasteiger partial charge in [0.05, 0.1) is 24.3 Å². The van der Waals surface area contributed by atoms with E-state index in [1.54, 1.807) is 0 Å². The molecule has 0 aliphatic carbocycles. The SMILES string of the molecule is CCC(C)(CO)NCc1cc(Br)c2c(c1)OCCCO2. The molecule has 0 fully saturated rings. The molecular weight excluding hydrogens is 322 g/mol. The van der Waals surface area contributed by atoms with E-state index in [4.69, 9.17) is 9.47 Å². The van der Waals surface area contributed by atoms with Crippen LogP contribution in [0.4, 0.5) is 0 Å². The fourth-order valence-electron chi connectivity index (χ4n) is 1.99. The van der Waals surface area contributed by atoms with E-state index in [1.807, 2.05) is 19.1 Å². The number of aliphatic hydroxyl groups excluding tert-OH is 1. The number of fused-ring (bicyclic) bond motifs is 1. The Kier molecular flexibility index (Phi) is 5.29. The van der Waals surface area contributed by atoms with Crippen molar-refractivity contribution < 1.29 is 14.6 Å². The maximum atomic E-state index is 9.43. The van der Waals surface area contributed by atoms with E-state index in [2.05, 4.69) is 28.2 Å². The number of hydrogen-bond acceptors (Lipinski definition) is 4. The standard InChI is InChI=1S/C15H22BrNO3/c1-3-15(2,10-18)17-9-11-7-12(16)14-13(8-11)19-5-4-6-20-14/h7-8,17-18H,3-6,9-10H2,1-2H3. The fourth-order valence-corrected chi connectivity index (χ4v) is 2.60. The van der Waals surface area contributed by atoms with Crippen LogP contribution in [0.15, 0.2) is 16.6 Å². The average Bonchev–Trinajstić information content (AvgIpc) is 2.70. The minimum atomic E-state index is -0.253. The van der Waals surface area contributed by atoms with Crippen LogP contribution in [0.5, 0.6) is 11.5 Å². The monoisotopic (exact) mass is 343 g/mol. The van der Waals surface area contributed by atoms with Crippen molar-refractivity contribution in [1.29, 1.82) is 0 Å². The van der Waals surface area contributed by atoms with Crippen molar-refractivity contribution in [3.63, 3.8) is 0 Å². The molecule has 112 valence electrons. The van der Waals surface area contributed by atoms with Crippen LogP contribution in [0.25, 0.3) is 0 Å². The van der Waals surface area contributed by atoms with Gasteiger partial charge in [-0.25, -0.2) is 0 Å². The van der Waals surface area contributed by atoms with Crippen molar-refractivity contribution >= 4 is 15.9 Å². The van der Waals surface area contributed by atoms with Crippen molar-refractivity contribution in [2.24, 2.45) is 0 Å². The van der Waals surface area contributed by atoms with Crippen LogP contribution in [-0.2, 0) is 6.54 Å². The highest BCUT2D eigenvalue weighted by atomic mass is 79.9. The zero-order chi connectivity index (χ0) is 14.6. The molecule has 1 aromatic rings. The second-order valence-corrected chi connectivity index (χ2v) is 6.24. The molecule has 0 saturated carbocycles. The number of rotatable bonds is 5. The van der Waals surface area contributed by atoms with Crippen molar-refractivity contribution in [3.05, 3.63) is 22.2 Å². The van der Waals surface area contributed by atoms with Gasteiger partial charge >= 0.3 is 0 Å². The van der Waals surface area contributed by atoms with Crippen LogP contribution in [0.3, 0.4) is 0 Å². The lowest BCUT2D eigenvalue weighted by Crippen LogP contribution is -2.44. The molecule has 2 rings (SSSR count). The normalized spacial score (nSPS) is 17.4. The van der Waals surface area contributed by atoms with E-state index in [-0.39, 0.29) is 12.1 Å². The fraction of sp³-hybridized carbons (Fsp3) is 0.600. The van der Waals surface area contributed by atoms with Gasteiger partial charge in [-0.05, 0) is 47.0 Å². The number of halogens is 1. The first-order chi connectivity index (χ1) is 9.58. The van der Waals surface area contributed by atoms with Gasteiger partial charge in [-0.15, -0.1) is 0 Å². The Labute approximate surface area is 128 Å². The zero-order valence-corrected chi connectivity index (χ0v) is 13.6. The summed E-state index contributed by atoms with van der Waals surface area (Å²) in [5.41, 5.74) is 0.852. The van der Waals surface area contributed by atoms with Crippen LogP contribution in [0.1, 0.15) is 32.3 Å². The molecule has 1 aromatic carbocycles. The number of nitrogens with one attached hydrogen (secondary N) is 1. The second kappa shape index (κ2) is 6.78. The highest BCUT2D eigenvalue weighted by molar-refractivity contribution is 9.10. The number of benzene rings is 1. The first-order valence-corrected chi connectivity index (χ1v) is 7.81. The third-order valence-electron chi connectivity index (χ3n) is 3.71. The molecule has 0 amide bonds. The number of ether oxygens (including phenoxy) is 2. The molecular formula is C15H22BrNO3. The molecule has 1 heterocycles. The molecule has 1 unspecified atom stereocenters. The summed E-state index contributed by atoms with van der Waals surface area (Å²) in [6.07, 6.45) is 1.77. The summed E-state index contributed by atoms with van der Waals surface area (Å²) in [6, 6.07) is 4.04. The Bertz CT molecular complexity index is 461. The molecule has 0 aromatic heterocycles. The summed E-state index contributed by atoms with van der Waals surface area (Å²) in [4.78, 5) is 0. The van der Waals surface area contributed by atoms with Crippen molar-refractivity contribution in [2.45, 2.75) is 38.8 Å². The highest BCUT2D eigenvalue weighted by Crippen LogP contribution is 2.38. The molecule has 1 aliphatic rings. The van der Waals surface area contributed by atoms with Crippen LogP contribution < -0.4 is 14.8 Å². The Morgan fingerprint density at radius 2 is 2.10 bits per heavy atom. The van der Waals surface area contributed by atoms with Crippen molar-refractivity contribution in [1.82, 2.24) is 5.32 Å². The van der Waals surface area contributed by atoms with Gasteiger partial charge in [0, 0.05) is 18.5 Å². The van der Waals surface area contributed by atoms with E-state index in [0.29, 0.717) is 19.8 Å². The van der Waals surface area contributed by atoms with Crippen LogP contribution in [0.2, 0.25) is 0 Å². The Morgan fingerprint density at radius 1 is 1.35 bits per heavy atom. The number of aliphatic hydroxyl groups is 1. The topological polar surface area (TPSA) is 50.7 Å². The van der Waals surface area contributed by atoms with E-state index in [9.17, 15) is 5.11 Å². The van der Waals surface area contributed by atoms with Crippen molar-refractivity contribution in [2.75, 3.05) is 19.8 Å². The molecule has 4 nitrogen and oxygen atoms in total. The van der Waals surface area contributed by atoms with Gasteiger partial charge in [-0.1, -0.05) is 6.92 Å². The smallest absolute Gasteiger partial charge is 0.175 e. The maximum absolute atomic E-state index is 9.43. The molecule has 5 heteroatoms. The predicted octanol–water partition coefficient (Wildman–Crippen LogP) is 2.86. The Hall–Kier alpha value is -0.780. The zero-order valence-electron chi connectivity index (χ0n) is 12.0. The Balaban J connectivity index is 2.13. The number of hydrogen-bond donors (Lipinski definition) is 2. The minimum Gasteiger partial charge on any atom is -0.490 e. The second-order valence-electron chi connectivity index (χ2n) is 5.38. The van der Waals surface area contributed by atoms with Gasteiger partial charge in [-0.3, -0.25) is 0 Å². The van der Waals surface area contributed by atoms with E-state index in [1.165, 1.54) is 0 Å². The lowest BCUT2D eigenvalue weighted by atomic mass is 10.00. The summed E-state index contributed by atoms with van der Waals surface area (Å²) in [6.45, 7) is 6.24. The largest absolute Gasteiger partial charge is 0.490 e. The van der Waals surface area contributed by atoms with Gasteiger partial charge in [0.15, 0.2) is 11.5 Å². The lowest BCUT2D eigenvalue weighted by Gasteiger charge is -2.27. The molecule has 0 saturated heterocycles. The predicted molar refractivity (Wildman–Crippen MR) is 82.4 cm³/mol. The maximum Gasteiger partial charge on any atom is 0.175 e. The lowest BCUT2D eigenvalue weighted by molar-refractivity contribution is 0.169. The molecule has 1 aliphatic heterocycles. The van der Waals surface area contributed by atoms with Crippen LogP contribution in [-0.4, -0.2) is 30.5 Å². The molecule has 0 bridgehead atoms. The van der Waals surface area contributed by atoms with Gasteiger partial charge in [-0.2, -0.15) is 0 Å². The summed E-state index contributed by atoms with van der Waals surface area (Å²) in [5.74, 6) is 1.57. The summed E-state index contributed by atoms with van der Waals surface area (Å²) >= 11 is 3.54. The third-order valence-corrected chi connectivity index (χ3v) is 4.30. The molecule has 0 spiro atoms. The first kappa shape index (κ1) is 15.6. The van der Waals surface area contributed by atoms with Gasteiger partial charge in [0.1, 0.15) is 0 Å². The Morgan fingerprint density at radius 3 is 2.80 bits per heavy atom. The summed E-state index contributed by atoms with van der Waals surface area (Å²) in [7, 11) is 0. The van der Waals surface area contributed by atoms with E-state index in [0.717, 1.165) is 34.4 Å². The van der Waals surface area contributed by atoms with Crippen LogP contribution in [0, 0.1) is 0 Å². The van der Waals surface area contributed by atoms with Gasteiger partial charge < -0.3 is 19.9 Å².